The van der Waals surface area contributed by atoms with Crippen LogP contribution in [0.5, 0.6) is 5.75 Å². The van der Waals surface area contributed by atoms with Crippen molar-refractivity contribution in [3.05, 3.63) is 48.5 Å². The van der Waals surface area contributed by atoms with Crippen molar-refractivity contribution >= 4 is 97.8 Å². The van der Waals surface area contributed by atoms with E-state index in [-0.39, 0.29) is 68.5 Å². The molecule has 0 spiro atoms. The van der Waals surface area contributed by atoms with Crippen LogP contribution in [0.1, 0.15) is 12.8 Å². The van der Waals surface area contributed by atoms with Crippen LogP contribution in [0.2, 0.25) is 0 Å². The van der Waals surface area contributed by atoms with Gasteiger partial charge in [-0.05, 0) is 54.6 Å². The number of fused-ring (bicyclic) bond motifs is 1. The highest BCUT2D eigenvalue weighted by molar-refractivity contribution is 7.99. The lowest BCUT2D eigenvalue weighted by Gasteiger charge is -2.20. The number of ether oxygens (including phenoxy) is 1. The Morgan fingerprint density at radius 2 is 1.25 bits per heavy atom. The highest BCUT2D eigenvalue weighted by Gasteiger charge is 2.21. The van der Waals surface area contributed by atoms with Crippen LogP contribution in [0.25, 0.3) is 10.8 Å². The van der Waals surface area contributed by atoms with Gasteiger partial charge >= 0.3 is 0 Å². The van der Waals surface area contributed by atoms with Crippen LogP contribution in [-0.2, 0) is 40.5 Å². The highest BCUT2D eigenvalue weighted by Crippen LogP contribution is 2.37. The molecule has 4 rings (SSSR count). The molecule has 0 aliphatic heterocycles. The Labute approximate surface area is 307 Å². The molecule has 0 unspecified atom stereocenters. The lowest BCUT2D eigenvalue weighted by molar-refractivity contribution is 0.415. The summed E-state index contributed by atoms with van der Waals surface area (Å²) in [6.07, 6.45) is 0.216. The number of benzene rings is 3. The maximum Gasteiger partial charge on any atom is 0.295 e. The molecule has 1 heterocycles. The van der Waals surface area contributed by atoms with E-state index >= 15 is 0 Å². The van der Waals surface area contributed by atoms with Crippen molar-refractivity contribution < 1.29 is 56.6 Å². The third-order valence-corrected chi connectivity index (χ3v) is 11.9. The van der Waals surface area contributed by atoms with Crippen molar-refractivity contribution in [2.45, 2.75) is 32.9 Å². The van der Waals surface area contributed by atoms with Gasteiger partial charge in [0.2, 0.25) is 5.95 Å². The van der Waals surface area contributed by atoms with Gasteiger partial charge in [0.1, 0.15) is 10.6 Å². The summed E-state index contributed by atoms with van der Waals surface area (Å²) in [6.45, 7) is 0. The number of nitrogens with zero attached hydrogens (tertiary/aromatic N) is 6. The van der Waals surface area contributed by atoms with Gasteiger partial charge in [0.25, 0.3) is 40.5 Å². The molecule has 52 heavy (non-hydrogen) atoms. The smallest absolute Gasteiger partial charge is 0.295 e. The zero-order chi connectivity index (χ0) is 38.5. The molecule has 1 aromatic heterocycles. The molecule has 0 radical (unpaired) electrons. The zero-order valence-corrected chi connectivity index (χ0v) is 31.9. The van der Waals surface area contributed by atoms with Gasteiger partial charge in [0.05, 0.1) is 40.6 Å². The number of hydrogen-bond donors (Lipinski definition) is 4. The molecular weight excluding hydrogens is 809 g/mol. The van der Waals surface area contributed by atoms with E-state index in [1.54, 1.807) is 24.1 Å². The number of aromatic nitrogens is 3. The van der Waals surface area contributed by atoms with E-state index in [4.69, 9.17) is 13.8 Å². The first-order valence-electron chi connectivity index (χ1n) is 14.4. The zero-order valence-electron chi connectivity index (χ0n) is 27.0. The van der Waals surface area contributed by atoms with Gasteiger partial charge in [-0.3, -0.25) is 18.2 Å². The van der Waals surface area contributed by atoms with E-state index in [1.807, 2.05) is 0 Å². The van der Waals surface area contributed by atoms with Crippen molar-refractivity contribution in [2.24, 2.45) is 10.2 Å². The van der Waals surface area contributed by atoms with Crippen LogP contribution in [0.3, 0.4) is 0 Å². The quantitative estimate of drug-likeness (QED) is 0.0494. The molecule has 0 aliphatic rings. The van der Waals surface area contributed by atoms with E-state index in [2.05, 4.69) is 25.2 Å². The molecule has 0 fully saturated rings. The number of methoxy groups -OCH3 is 1. The Morgan fingerprint density at radius 3 is 1.75 bits per heavy atom. The SMILES string of the molecule is COc1cc(N=Nc2ccc3cc(S(=O)(=O)O)cc(S(=O)(=O)O)c3c2)ccc1N(C)c1nc(SCCCS(=O)(=O)O)nc(SCCCS(=O)(=O)O)n1. The number of thioether (sulfide) groups is 2. The van der Waals surface area contributed by atoms with Gasteiger partial charge in [-0.2, -0.15) is 58.9 Å². The van der Waals surface area contributed by atoms with E-state index in [0.29, 0.717) is 11.8 Å². The summed E-state index contributed by atoms with van der Waals surface area (Å²) in [4.78, 5) is 13.3. The molecule has 0 saturated heterocycles. The van der Waals surface area contributed by atoms with Gasteiger partial charge in [-0.15, -0.1) is 0 Å². The molecule has 4 aromatic rings. The fourth-order valence-corrected chi connectivity index (χ4v) is 8.68. The second-order valence-corrected chi connectivity index (χ2v) is 18.6. The van der Waals surface area contributed by atoms with Crippen LogP contribution < -0.4 is 9.64 Å². The largest absolute Gasteiger partial charge is 0.494 e. The molecule has 0 atom stereocenters. The summed E-state index contributed by atoms with van der Waals surface area (Å²) in [6, 6.07) is 10.4. The van der Waals surface area contributed by atoms with Crippen LogP contribution >= 0.6 is 23.5 Å². The summed E-state index contributed by atoms with van der Waals surface area (Å²) in [5, 5.41) is 8.72. The lowest BCUT2D eigenvalue weighted by atomic mass is 10.1. The van der Waals surface area contributed by atoms with Crippen LogP contribution in [0, 0.1) is 0 Å². The molecular formula is C27H30N6O13S6. The molecule has 4 N–H and O–H groups in total. The Morgan fingerprint density at radius 1 is 0.712 bits per heavy atom. The Hall–Kier alpha value is -3.53. The van der Waals surface area contributed by atoms with Crippen molar-refractivity contribution in [2.75, 3.05) is 42.1 Å². The summed E-state index contributed by atoms with van der Waals surface area (Å²) >= 11 is 2.22. The van der Waals surface area contributed by atoms with Gasteiger partial charge in [0.15, 0.2) is 10.3 Å². The van der Waals surface area contributed by atoms with Crippen LogP contribution in [0.4, 0.5) is 23.0 Å². The summed E-state index contributed by atoms with van der Waals surface area (Å²) in [5.41, 5.74) is 0.868. The topological polar surface area (TPSA) is 293 Å². The average molecular weight is 839 g/mol. The van der Waals surface area contributed by atoms with Crippen molar-refractivity contribution in [1.82, 2.24) is 15.0 Å². The van der Waals surface area contributed by atoms with Crippen LogP contribution in [-0.4, -0.2) is 104 Å². The summed E-state index contributed by atoms with van der Waals surface area (Å²) < 4.78 is 134. The summed E-state index contributed by atoms with van der Waals surface area (Å²) in [7, 11) is -15.0. The van der Waals surface area contributed by atoms with E-state index in [9.17, 15) is 42.8 Å². The minimum atomic E-state index is -4.92. The normalized spacial score (nSPS) is 12.8. The standard InChI is InChI=1S/C27H30N6O13S6/c1-33(25-28-26(47-9-3-11-49(34,35)36)30-27(29-25)48-10-4-12-50(37,38)39)22-8-7-19(15-23(22)46-2)32-31-18-6-5-17-13-20(51(40,41)42)16-24(21(17)14-18)52(43,44)45/h5-8,13-16H,3-4,9-12H2,1-2H3,(H,34,35,36)(H,37,38,39)(H,40,41,42)(H,43,44,45). The van der Waals surface area contributed by atoms with E-state index in [1.165, 1.54) is 31.4 Å². The number of hydrogen-bond acceptors (Lipinski definition) is 17. The molecule has 0 saturated carbocycles. The van der Waals surface area contributed by atoms with Crippen molar-refractivity contribution in [3.8, 4) is 5.75 Å². The fraction of sp³-hybridized carbons (Fsp3) is 0.296. The van der Waals surface area contributed by atoms with Crippen molar-refractivity contribution in [3.63, 3.8) is 0 Å². The highest BCUT2D eigenvalue weighted by atomic mass is 32.2. The van der Waals surface area contributed by atoms with Gasteiger partial charge in [-0.25, -0.2) is 0 Å². The Bertz CT molecular complexity index is 2390. The predicted octanol–water partition coefficient (Wildman–Crippen LogP) is 4.45. The minimum absolute atomic E-state index is 0.0772. The third kappa shape index (κ3) is 12.0. The molecule has 0 bridgehead atoms. The average Bonchev–Trinajstić information content (AvgIpc) is 3.05. The Balaban J connectivity index is 1.62. The molecule has 3 aromatic carbocycles. The maximum absolute atomic E-state index is 12.0. The molecule has 0 amide bonds. The van der Waals surface area contributed by atoms with Crippen LogP contribution in [0.15, 0.2) is 78.9 Å². The maximum atomic E-state index is 12.0. The minimum Gasteiger partial charge on any atom is -0.494 e. The number of azo groups is 1. The molecule has 19 nitrogen and oxygen atoms in total. The van der Waals surface area contributed by atoms with Crippen molar-refractivity contribution in [1.29, 1.82) is 0 Å². The predicted molar refractivity (Wildman–Crippen MR) is 192 cm³/mol. The first-order chi connectivity index (χ1) is 24.1. The molecule has 282 valence electrons. The second kappa shape index (κ2) is 16.6. The summed E-state index contributed by atoms with van der Waals surface area (Å²) in [5.74, 6) is -0.0131. The molecule has 0 aliphatic carbocycles. The molecule has 25 heteroatoms. The van der Waals surface area contributed by atoms with Gasteiger partial charge in [-0.1, -0.05) is 29.6 Å². The van der Waals surface area contributed by atoms with Gasteiger partial charge in [0, 0.05) is 30.0 Å². The first kappa shape index (κ1) is 41.2. The number of anilines is 2. The Kier molecular flexibility index (Phi) is 13.2. The fourth-order valence-electron chi connectivity index (χ4n) is 4.36. The number of rotatable bonds is 17. The van der Waals surface area contributed by atoms with Gasteiger partial charge < -0.3 is 9.64 Å². The van der Waals surface area contributed by atoms with E-state index < -0.39 is 61.8 Å². The lowest BCUT2D eigenvalue weighted by Crippen LogP contribution is -2.16. The first-order valence-corrected chi connectivity index (χ1v) is 22.5. The monoisotopic (exact) mass is 838 g/mol. The second-order valence-electron chi connectivity index (χ2n) is 10.6. The third-order valence-electron chi connectivity index (χ3n) is 6.69. The van der Waals surface area contributed by atoms with E-state index in [0.717, 1.165) is 29.6 Å².